The predicted octanol–water partition coefficient (Wildman–Crippen LogP) is 1.89. The molecule has 2 rings (SSSR count). The molecule has 0 saturated carbocycles. The van der Waals surface area contributed by atoms with Gasteiger partial charge in [0.25, 0.3) is 0 Å². The van der Waals surface area contributed by atoms with Crippen LogP contribution in [0.5, 0.6) is 5.75 Å². The van der Waals surface area contributed by atoms with Crippen molar-refractivity contribution in [1.29, 1.82) is 0 Å². The second-order valence-corrected chi connectivity index (χ2v) is 3.55. The Balaban J connectivity index is 2.45. The van der Waals surface area contributed by atoms with Gasteiger partial charge in [0.15, 0.2) is 0 Å². The molecule has 0 aliphatic rings. The van der Waals surface area contributed by atoms with E-state index in [0.29, 0.717) is 5.82 Å². The van der Waals surface area contributed by atoms with Crippen LogP contribution < -0.4 is 4.74 Å². The van der Waals surface area contributed by atoms with Crippen LogP contribution in [0.4, 0.5) is 0 Å². The van der Waals surface area contributed by atoms with Crippen molar-refractivity contribution in [1.82, 2.24) is 9.97 Å². The van der Waals surface area contributed by atoms with Crippen LogP contribution in [0.15, 0.2) is 24.3 Å². The second-order valence-electron chi connectivity index (χ2n) is 3.55. The third kappa shape index (κ3) is 1.92. The summed E-state index contributed by atoms with van der Waals surface area (Å²) in [4.78, 5) is 7.34. The first-order chi connectivity index (χ1) is 7.74. The molecule has 84 valence electrons. The van der Waals surface area contributed by atoms with E-state index in [1.54, 1.807) is 7.11 Å². The minimum absolute atomic E-state index is 0.0786. The molecule has 1 heterocycles. The fourth-order valence-corrected chi connectivity index (χ4v) is 1.65. The van der Waals surface area contributed by atoms with Gasteiger partial charge in [-0.2, -0.15) is 0 Å². The zero-order valence-corrected chi connectivity index (χ0v) is 9.32. The average molecular weight is 218 g/mol. The molecule has 2 N–H and O–H groups in total. The number of nitrogens with one attached hydrogen (secondary N) is 1. The largest absolute Gasteiger partial charge is 0.497 e. The first-order valence-corrected chi connectivity index (χ1v) is 5.05. The highest BCUT2D eigenvalue weighted by atomic mass is 16.5. The Morgan fingerprint density at radius 3 is 2.88 bits per heavy atom. The molecular weight excluding hydrogens is 204 g/mol. The molecule has 0 atom stereocenters. The maximum absolute atomic E-state index is 9.00. The number of H-pyrrole nitrogens is 1. The number of rotatable bonds is 3. The van der Waals surface area contributed by atoms with Crippen LogP contribution >= 0.6 is 0 Å². The van der Waals surface area contributed by atoms with Gasteiger partial charge in [-0.05, 0) is 19.1 Å². The third-order valence-corrected chi connectivity index (χ3v) is 2.43. The van der Waals surface area contributed by atoms with Gasteiger partial charge in [0.05, 0.1) is 12.8 Å². The standard InChI is InChI=1S/C12H14N2O2/c1-8-12(14-11(7-15)13-8)9-4-3-5-10(6-9)16-2/h3-6,15H,7H2,1-2H3,(H,13,14). The molecule has 16 heavy (non-hydrogen) atoms. The van der Waals surface area contributed by atoms with Crippen molar-refractivity contribution < 1.29 is 9.84 Å². The van der Waals surface area contributed by atoms with Crippen LogP contribution in [0.25, 0.3) is 11.3 Å². The summed E-state index contributed by atoms with van der Waals surface area (Å²) in [5.41, 5.74) is 2.77. The van der Waals surface area contributed by atoms with Gasteiger partial charge < -0.3 is 14.8 Å². The van der Waals surface area contributed by atoms with Gasteiger partial charge in [0, 0.05) is 11.3 Å². The fourth-order valence-electron chi connectivity index (χ4n) is 1.65. The smallest absolute Gasteiger partial charge is 0.132 e. The summed E-state index contributed by atoms with van der Waals surface area (Å²) in [5.74, 6) is 1.38. The Morgan fingerprint density at radius 2 is 2.25 bits per heavy atom. The Bertz CT molecular complexity index is 492. The molecule has 0 amide bonds. The minimum Gasteiger partial charge on any atom is -0.497 e. The normalized spacial score (nSPS) is 10.4. The van der Waals surface area contributed by atoms with Crippen LogP contribution in [-0.4, -0.2) is 22.2 Å². The van der Waals surface area contributed by atoms with E-state index in [9.17, 15) is 0 Å². The Morgan fingerprint density at radius 1 is 1.44 bits per heavy atom. The molecule has 4 nitrogen and oxygen atoms in total. The lowest BCUT2D eigenvalue weighted by molar-refractivity contribution is 0.272. The molecule has 0 unspecified atom stereocenters. The van der Waals surface area contributed by atoms with Gasteiger partial charge in [-0.3, -0.25) is 0 Å². The molecular formula is C12H14N2O2. The van der Waals surface area contributed by atoms with E-state index in [-0.39, 0.29) is 6.61 Å². The molecule has 1 aromatic heterocycles. The number of aromatic nitrogens is 2. The van der Waals surface area contributed by atoms with E-state index in [0.717, 1.165) is 22.7 Å². The number of hydrogen-bond acceptors (Lipinski definition) is 3. The second kappa shape index (κ2) is 4.37. The zero-order chi connectivity index (χ0) is 11.5. The first-order valence-electron chi connectivity index (χ1n) is 5.05. The van der Waals surface area contributed by atoms with Crippen LogP contribution in [0.1, 0.15) is 11.5 Å². The summed E-state index contributed by atoms with van der Waals surface area (Å²) in [6, 6.07) is 7.69. The molecule has 2 aromatic rings. The van der Waals surface area contributed by atoms with E-state index < -0.39 is 0 Å². The summed E-state index contributed by atoms with van der Waals surface area (Å²) in [5, 5.41) is 9.00. The number of nitrogens with zero attached hydrogens (tertiary/aromatic N) is 1. The van der Waals surface area contributed by atoms with Crippen molar-refractivity contribution in [2.45, 2.75) is 13.5 Å². The molecule has 4 heteroatoms. The van der Waals surface area contributed by atoms with Gasteiger partial charge >= 0.3 is 0 Å². The summed E-state index contributed by atoms with van der Waals surface area (Å²) < 4.78 is 5.16. The van der Waals surface area contributed by atoms with E-state index in [4.69, 9.17) is 9.84 Å². The third-order valence-electron chi connectivity index (χ3n) is 2.43. The molecule has 0 aliphatic carbocycles. The number of aromatic amines is 1. The first kappa shape index (κ1) is 10.7. The lowest BCUT2D eigenvalue weighted by atomic mass is 10.1. The number of aliphatic hydroxyl groups is 1. The van der Waals surface area contributed by atoms with Gasteiger partial charge in [-0.1, -0.05) is 12.1 Å². The monoisotopic (exact) mass is 218 g/mol. The number of imidazole rings is 1. The SMILES string of the molecule is COc1cccc(-c2nc(CO)[nH]c2C)c1. The Kier molecular flexibility index (Phi) is 2.92. The highest BCUT2D eigenvalue weighted by Crippen LogP contribution is 2.24. The Labute approximate surface area is 93.9 Å². The van der Waals surface area contributed by atoms with Crippen molar-refractivity contribution >= 4 is 0 Å². The van der Waals surface area contributed by atoms with Crippen molar-refractivity contribution in [3.8, 4) is 17.0 Å². The van der Waals surface area contributed by atoms with E-state index in [2.05, 4.69) is 9.97 Å². The van der Waals surface area contributed by atoms with Gasteiger partial charge in [0.1, 0.15) is 18.2 Å². The number of benzene rings is 1. The molecule has 0 saturated heterocycles. The lowest BCUT2D eigenvalue weighted by Crippen LogP contribution is -1.86. The van der Waals surface area contributed by atoms with Crippen molar-refractivity contribution in [2.75, 3.05) is 7.11 Å². The maximum atomic E-state index is 9.00. The van der Waals surface area contributed by atoms with Gasteiger partial charge in [-0.15, -0.1) is 0 Å². The van der Waals surface area contributed by atoms with E-state index in [1.165, 1.54) is 0 Å². The quantitative estimate of drug-likeness (QED) is 0.827. The number of aliphatic hydroxyl groups excluding tert-OH is 1. The molecule has 0 bridgehead atoms. The topological polar surface area (TPSA) is 58.1 Å². The van der Waals surface area contributed by atoms with Crippen LogP contribution in [0, 0.1) is 6.92 Å². The van der Waals surface area contributed by atoms with Crippen molar-refractivity contribution in [3.05, 3.63) is 35.8 Å². The molecule has 0 aliphatic heterocycles. The van der Waals surface area contributed by atoms with E-state index >= 15 is 0 Å². The Hall–Kier alpha value is -1.81. The highest BCUT2D eigenvalue weighted by molar-refractivity contribution is 5.63. The fraction of sp³-hybridized carbons (Fsp3) is 0.250. The predicted molar refractivity (Wildman–Crippen MR) is 61.2 cm³/mol. The summed E-state index contributed by atoms with van der Waals surface area (Å²) in [7, 11) is 1.63. The van der Waals surface area contributed by atoms with Crippen LogP contribution in [-0.2, 0) is 6.61 Å². The number of hydrogen-bond donors (Lipinski definition) is 2. The van der Waals surface area contributed by atoms with Crippen LogP contribution in [0.2, 0.25) is 0 Å². The van der Waals surface area contributed by atoms with Crippen LogP contribution in [0.3, 0.4) is 0 Å². The number of methoxy groups -OCH3 is 1. The zero-order valence-electron chi connectivity index (χ0n) is 9.32. The summed E-state index contributed by atoms with van der Waals surface area (Å²) in [6.45, 7) is 1.85. The lowest BCUT2D eigenvalue weighted by Gasteiger charge is -2.02. The highest BCUT2D eigenvalue weighted by Gasteiger charge is 2.08. The molecule has 1 aromatic carbocycles. The maximum Gasteiger partial charge on any atom is 0.132 e. The summed E-state index contributed by atoms with van der Waals surface area (Å²) >= 11 is 0. The molecule has 0 spiro atoms. The van der Waals surface area contributed by atoms with Gasteiger partial charge in [-0.25, -0.2) is 4.98 Å². The number of aryl methyl sites for hydroxylation is 1. The van der Waals surface area contributed by atoms with E-state index in [1.807, 2.05) is 31.2 Å². The minimum atomic E-state index is -0.0786. The van der Waals surface area contributed by atoms with Crippen molar-refractivity contribution in [3.63, 3.8) is 0 Å². The molecule has 0 fully saturated rings. The van der Waals surface area contributed by atoms with Crippen molar-refractivity contribution in [2.24, 2.45) is 0 Å². The number of ether oxygens (including phenoxy) is 1. The average Bonchev–Trinajstić information content (AvgIpc) is 2.71. The molecule has 0 radical (unpaired) electrons. The van der Waals surface area contributed by atoms with Gasteiger partial charge in [0.2, 0.25) is 0 Å². The summed E-state index contributed by atoms with van der Waals surface area (Å²) in [6.07, 6.45) is 0.